The van der Waals surface area contributed by atoms with Crippen LogP contribution in [0.4, 0.5) is 0 Å². The molecule has 10 N–H and O–H groups in total. The number of fused-ring (bicyclic) bond motifs is 2. The highest BCUT2D eigenvalue weighted by atomic mass is 16.7. The van der Waals surface area contributed by atoms with Gasteiger partial charge in [-0.05, 0) is 35.9 Å². The van der Waals surface area contributed by atoms with Crippen LogP contribution in [0.5, 0.6) is 57.5 Å². The molecule has 5 atom stereocenters. The third-order valence-corrected chi connectivity index (χ3v) is 7.55. The quantitative estimate of drug-likeness (QED) is 0.153. The van der Waals surface area contributed by atoms with Crippen LogP contribution >= 0.6 is 0 Å². The lowest BCUT2D eigenvalue weighted by Crippen LogP contribution is -2.55. The van der Waals surface area contributed by atoms with Crippen LogP contribution < -0.4 is 9.47 Å². The van der Waals surface area contributed by atoms with E-state index in [9.17, 15) is 51.1 Å². The van der Waals surface area contributed by atoms with E-state index >= 15 is 0 Å². The van der Waals surface area contributed by atoms with E-state index in [1.54, 1.807) is 0 Å². The molecular weight excluding hydrogens is 568 g/mol. The van der Waals surface area contributed by atoms with Crippen molar-refractivity contribution in [2.45, 2.75) is 36.6 Å². The Balaban J connectivity index is 1.54. The molecule has 6 rings (SSSR count). The SMILES string of the molecule is Oc1cc(O)c2c(c1)O[C@H](c1ccc(O)c(O)c1)[C@H](O[C@]1(c3ccc(O)c(O)c3)Oc3cc(O)cc(O)c3[C@@H](O)[C@H]1O)C2. The zero-order valence-corrected chi connectivity index (χ0v) is 22.0. The maximum absolute atomic E-state index is 11.6. The Morgan fingerprint density at radius 2 is 1.28 bits per heavy atom. The van der Waals surface area contributed by atoms with E-state index in [-0.39, 0.29) is 51.7 Å². The van der Waals surface area contributed by atoms with Crippen LogP contribution in [0.25, 0.3) is 0 Å². The number of benzene rings is 4. The van der Waals surface area contributed by atoms with E-state index in [1.165, 1.54) is 30.3 Å². The number of phenolic OH excluding ortho intramolecular Hbond substituents is 8. The molecule has 224 valence electrons. The Kier molecular flexibility index (Phi) is 6.45. The van der Waals surface area contributed by atoms with E-state index in [0.717, 1.165) is 30.3 Å². The molecule has 0 radical (unpaired) electrons. The van der Waals surface area contributed by atoms with Gasteiger partial charge in [0.05, 0.1) is 5.56 Å². The lowest BCUT2D eigenvalue weighted by Gasteiger charge is -2.47. The minimum absolute atomic E-state index is 0.0663. The van der Waals surface area contributed by atoms with Gasteiger partial charge in [0.2, 0.25) is 0 Å². The summed E-state index contributed by atoms with van der Waals surface area (Å²) in [6.07, 6.45) is -6.47. The molecule has 0 fully saturated rings. The molecule has 2 aliphatic heterocycles. The molecule has 4 aromatic carbocycles. The second-order valence-corrected chi connectivity index (χ2v) is 10.3. The van der Waals surface area contributed by atoms with Crippen molar-refractivity contribution in [1.29, 1.82) is 0 Å². The number of hydrogen-bond donors (Lipinski definition) is 10. The number of aliphatic hydroxyl groups excluding tert-OH is 2. The van der Waals surface area contributed by atoms with Crippen LogP contribution in [-0.2, 0) is 16.9 Å². The molecule has 43 heavy (non-hydrogen) atoms. The zero-order valence-electron chi connectivity index (χ0n) is 22.0. The number of phenols is 8. The fourth-order valence-electron chi connectivity index (χ4n) is 5.48. The summed E-state index contributed by atoms with van der Waals surface area (Å²) in [5.74, 6) is -6.38. The Morgan fingerprint density at radius 3 is 1.95 bits per heavy atom. The van der Waals surface area contributed by atoms with E-state index in [1.807, 2.05) is 0 Å². The summed E-state index contributed by atoms with van der Waals surface area (Å²) >= 11 is 0. The summed E-state index contributed by atoms with van der Waals surface area (Å²) in [5.41, 5.74) is 0.0630. The molecule has 0 saturated heterocycles. The van der Waals surface area contributed by atoms with Gasteiger partial charge < -0.3 is 65.3 Å². The van der Waals surface area contributed by atoms with Gasteiger partial charge in [0.15, 0.2) is 35.2 Å². The average Bonchev–Trinajstić information content (AvgIpc) is 2.94. The second-order valence-electron chi connectivity index (χ2n) is 10.3. The Morgan fingerprint density at radius 1 is 0.651 bits per heavy atom. The predicted molar refractivity (Wildman–Crippen MR) is 144 cm³/mol. The summed E-state index contributed by atoms with van der Waals surface area (Å²) in [5, 5.41) is 104. The Bertz CT molecular complexity index is 1740. The number of ether oxygens (including phenoxy) is 3. The van der Waals surface area contributed by atoms with Gasteiger partial charge in [-0.15, -0.1) is 0 Å². The van der Waals surface area contributed by atoms with Crippen LogP contribution in [0.1, 0.15) is 34.5 Å². The second kappa shape index (κ2) is 9.94. The van der Waals surface area contributed by atoms with Crippen molar-refractivity contribution in [2.24, 2.45) is 0 Å². The van der Waals surface area contributed by atoms with Crippen molar-refractivity contribution in [2.75, 3.05) is 0 Å². The normalized spacial score (nSPS) is 24.3. The van der Waals surface area contributed by atoms with Crippen LogP contribution in [0, 0.1) is 0 Å². The summed E-state index contributed by atoms with van der Waals surface area (Å²) in [4.78, 5) is 0. The van der Waals surface area contributed by atoms with Crippen molar-refractivity contribution in [1.82, 2.24) is 0 Å². The van der Waals surface area contributed by atoms with Crippen LogP contribution in [0.15, 0.2) is 60.7 Å². The van der Waals surface area contributed by atoms with E-state index < -0.39 is 64.7 Å². The Labute approximate surface area is 242 Å². The average molecular weight is 595 g/mol. The fraction of sp³-hybridized carbons (Fsp3) is 0.200. The topological polar surface area (TPSA) is 230 Å². The van der Waals surface area contributed by atoms with Gasteiger partial charge in [-0.1, -0.05) is 6.07 Å². The molecule has 0 saturated carbocycles. The van der Waals surface area contributed by atoms with Crippen molar-refractivity contribution in [3.8, 4) is 57.5 Å². The van der Waals surface area contributed by atoms with Gasteiger partial charge in [-0.25, -0.2) is 0 Å². The molecule has 0 spiro atoms. The Hall–Kier alpha value is -5.24. The smallest absolute Gasteiger partial charge is 0.267 e. The summed E-state index contributed by atoms with van der Waals surface area (Å²) in [6.45, 7) is 0. The van der Waals surface area contributed by atoms with Gasteiger partial charge in [-0.3, -0.25) is 0 Å². The molecule has 2 heterocycles. The lowest BCUT2D eigenvalue weighted by molar-refractivity contribution is -0.307. The zero-order chi connectivity index (χ0) is 30.8. The number of rotatable bonds is 4. The highest BCUT2D eigenvalue weighted by Crippen LogP contribution is 2.53. The van der Waals surface area contributed by atoms with E-state index in [2.05, 4.69) is 0 Å². The van der Waals surface area contributed by atoms with Gasteiger partial charge in [0, 0.05) is 41.8 Å². The van der Waals surface area contributed by atoms with E-state index in [0.29, 0.717) is 0 Å². The lowest BCUT2D eigenvalue weighted by atomic mass is 9.87. The van der Waals surface area contributed by atoms with Crippen LogP contribution in [0.3, 0.4) is 0 Å². The van der Waals surface area contributed by atoms with Gasteiger partial charge in [0.25, 0.3) is 5.79 Å². The maximum atomic E-state index is 11.6. The molecule has 2 aliphatic rings. The molecule has 13 nitrogen and oxygen atoms in total. The largest absolute Gasteiger partial charge is 0.508 e. The monoisotopic (exact) mass is 594 g/mol. The van der Waals surface area contributed by atoms with Crippen LogP contribution in [-0.4, -0.2) is 63.3 Å². The number of aromatic hydroxyl groups is 8. The highest BCUT2D eigenvalue weighted by Gasteiger charge is 2.56. The molecule has 0 bridgehead atoms. The first-order valence-corrected chi connectivity index (χ1v) is 12.9. The van der Waals surface area contributed by atoms with Crippen molar-refractivity contribution >= 4 is 0 Å². The van der Waals surface area contributed by atoms with Crippen molar-refractivity contribution in [3.63, 3.8) is 0 Å². The maximum Gasteiger partial charge on any atom is 0.267 e. The molecule has 0 aromatic heterocycles. The summed E-state index contributed by atoms with van der Waals surface area (Å²) < 4.78 is 18.7. The summed E-state index contributed by atoms with van der Waals surface area (Å²) in [6, 6.07) is 11.5. The molecule has 0 unspecified atom stereocenters. The van der Waals surface area contributed by atoms with Gasteiger partial charge in [0.1, 0.15) is 46.7 Å². The molecular formula is C30H26O13. The first-order valence-electron chi connectivity index (χ1n) is 12.9. The van der Waals surface area contributed by atoms with Gasteiger partial charge >= 0.3 is 0 Å². The van der Waals surface area contributed by atoms with E-state index in [4.69, 9.17) is 14.2 Å². The third kappa shape index (κ3) is 4.55. The number of hydrogen-bond acceptors (Lipinski definition) is 13. The van der Waals surface area contributed by atoms with Crippen LogP contribution in [0.2, 0.25) is 0 Å². The molecule has 0 amide bonds. The standard InChI is InChI=1S/C30H26O13/c31-14-7-19(35)16-11-25(28(41-23(16)9-14)12-1-3-17(33)20(36)5-12)43-30(13-2-4-18(34)21(37)6-13)29(40)27(39)26-22(38)8-15(32)10-24(26)42-30/h1-10,25,27-29,31-40H,11H2/t25-,27-,28-,29-,30+/m1/s1. The first kappa shape index (κ1) is 27.9. The minimum Gasteiger partial charge on any atom is -0.508 e. The molecule has 13 heteroatoms. The van der Waals surface area contributed by atoms with Crippen molar-refractivity contribution < 1.29 is 65.3 Å². The third-order valence-electron chi connectivity index (χ3n) is 7.55. The molecule has 4 aromatic rings. The molecule has 0 aliphatic carbocycles. The first-order chi connectivity index (χ1) is 20.4. The van der Waals surface area contributed by atoms with Crippen molar-refractivity contribution in [3.05, 3.63) is 82.9 Å². The minimum atomic E-state index is -2.42. The summed E-state index contributed by atoms with van der Waals surface area (Å²) in [7, 11) is 0. The highest BCUT2D eigenvalue weighted by molar-refractivity contribution is 5.55. The van der Waals surface area contributed by atoms with Gasteiger partial charge in [-0.2, -0.15) is 0 Å². The predicted octanol–water partition coefficient (Wildman–Crippen LogP) is 2.73. The fourth-order valence-corrected chi connectivity index (χ4v) is 5.48. The number of aliphatic hydroxyl groups is 2.